The van der Waals surface area contributed by atoms with Gasteiger partial charge in [0.25, 0.3) is 0 Å². The Bertz CT molecular complexity index is 674. The molecule has 0 aliphatic carbocycles. The molecule has 2 heterocycles. The topological polar surface area (TPSA) is 81.8 Å². The quantitative estimate of drug-likeness (QED) is 0.748. The summed E-state index contributed by atoms with van der Waals surface area (Å²) < 4.78 is 0. The van der Waals surface area contributed by atoms with Crippen LogP contribution in [-0.4, -0.2) is 47.8 Å². The van der Waals surface area contributed by atoms with Gasteiger partial charge in [0.15, 0.2) is 0 Å². The monoisotopic (exact) mass is 330 g/mol. The number of carbonyl (C=O) groups excluding carboxylic acids is 3. The van der Waals surface area contributed by atoms with E-state index in [1.165, 1.54) is 20.9 Å². The maximum absolute atomic E-state index is 11.9. The molecule has 0 aromatic heterocycles. The van der Waals surface area contributed by atoms with Gasteiger partial charge in [-0.15, -0.1) is 0 Å². The maximum atomic E-state index is 11.9. The number of nitrogens with zero attached hydrogens (tertiary/aromatic N) is 2. The number of rotatable bonds is 6. The van der Waals surface area contributed by atoms with Crippen molar-refractivity contribution >= 4 is 17.8 Å². The number of imide groups is 1. The minimum absolute atomic E-state index is 0.0685. The molecule has 0 bridgehead atoms. The molecule has 1 aromatic carbocycles. The van der Waals surface area contributed by atoms with Gasteiger partial charge in [0.05, 0.1) is 0 Å². The maximum Gasteiger partial charge on any atom is 0.326 e. The highest BCUT2D eigenvalue weighted by atomic mass is 16.2. The van der Waals surface area contributed by atoms with Crippen LogP contribution in [-0.2, 0) is 29.2 Å². The Morgan fingerprint density at radius 2 is 2.04 bits per heavy atom. The van der Waals surface area contributed by atoms with Crippen LogP contribution >= 0.6 is 0 Å². The SMILES string of the molecule is CN1CC(=O)N(CCCC(=O)NCc2ccc3c(c2)CNC3)C1=O. The summed E-state index contributed by atoms with van der Waals surface area (Å²) in [7, 11) is 1.60. The highest BCUT2D eigenvalue weighted by molar-refractivity contribution is 6.01. The summed E-state index contributed by atoms with van der Waals surface area (Å²) in [4.78, 5) is 37.9. The molecule has 2 aliphatic rings. The Labute approximate surface area is 141 Å². The third-order valence-corrected chi connectivity index (χ3v) is 4.41. The fraction of sp³-hybridized carbons (Fsp3) is 0.471. The van der Waals surface area contributed by atoms with E-state index < -0.39 is 0 Å². The van der Waals surface area contributed by atoms with Gasteiger partial charge >= 0.3 is 6.03 Å². The molecule has 0 unspecified atom stereocenters. The van der Waals surface area contributed by atoms with Crippen LogP contribution in [0.1, 0.15) is 29.5 Å². The lowest BCUT2D eigenvalue weighted by atomic mass is 10.1. The molecule has 1 saturated heterocycles. The molecule has 2 N–H and O–H groups in total. The second-order valence-electron chi connectivity index (χ2n) is 6.27. The average molecular weight is 330 g/mol. The summed E-state index contributed by atoms with van der Waals surface area (Å²) in [6, 6.07) is 5.96. The van der Waals surface area contributed by atoms with Gasteiger partial charge < -0.3 is 15.5 Å². The zero-order chi connectivity index (χ0) is 17.1. The fourth-order valence-electron chi connectivity index (χ4n) is 3.03. The predicted octanol–water partition coefficient (Wildman–Crippen LogP) is 0.580. The largest absolute Gasteiger partial charge is 0.352 e. The smallest absolute Gasteiger partial charge is 0.326 e. The molecular weight excluding hydrogens is 308 g/mol. The van der Waals surface area contributed by atoms with E-state index in [2.05, 4.69) is 22.8 Å². The molecule has 0 saturated carbocycles. The summed E-state index contributed by atoms with van der Waals surface area (Å²) in [6.07, 6.45) is 0.776. The highest BCUT2D eigenvalue weighted by Crippen LogP contribution is 2.17. The molecule has 24 heavy (non-hydrogen) atoms. The zero-order valence-electron chi connectivity index (χ0n) is 13.8. The Morgan fingerprint density at radius 3 is 2.79 bits per heavy atom. The summed E-state index contributed by atoms with van der Waals surface area (Å²) in [6.45, 7) is 2.70. The fourth-order valence-corrected chi connectivity index (χ4v) is 3.03. The van der Waals surface area contributed by atoms with Crippen LogP contribution in [0.25, 0.3) is 0 Å². The van der Waals surface area contributed by atoms with Crippen LogP contribution in [0.2, 0.25) is 0 Å². The second kappa shape index (κ2) is 7.00. The van der Waals surface area contributed by atoms with E-state index in [-0.39, 0.29) is 24.4 Å². The Hall–Kier alpha value is -2.41. The van der Waals surface area contributed by atoms with Gasteiger partial charge in [-0.3, -0.25) is 14.5 Å². The molecule has 1 aromatic rings. The Kier molecular flexibility index (Phi) is 4.80. The number of hydrogen-bond donors (Lipinski definition) is 2. The molecule has 1 fully saturated rings. The molecule has 7 heteroatoms. The molecule has 0 atom stereocenters. The van der Waals surface area contributed by atoms with Crippen molar-refractivity contribution in [1.82, 2.24) is 20.4 Å². The third-order valence-electron chi connectivity index (χ3n) is 4.41. The molecule has 0 radical (unpaired) electrons. The molecule has 7 nitrogen and oxygen atoms in total. The van der Waals surface area contributed by atoms with Crippen molar-refractivity contribution in [3.05, 3.63) is 34.9 Å². The molecule has 3 rings (SSSR count). The highest BCUT2D eigenvalue weighted by Gasteiger charge is 2.32. The van der Waals surface area contributed by atoms with Crippen LogP contribution in [0.15, 0.2) is 18.2 Å². The lowest BCUT2D eigenvalue weighted by Crippen LogP contribution is -2.33. The van der Waals surface area contributed by atoms with E-state index in [9.17, 15) is 14.4 Å². The standard InChI is InChI=1S/C17H22N4O3/c1-20-11-16(23)21(17(20)24)6-2-3-15(22)19-8-12-4-5-13-9-18-10-14(13)7-12/h4-5,7,18H,2-3,6,8-11H2,1H3,(H,19,22). The number of carbonyl (C=O) groups is 3. The number of nitrogens with one attached hydrogen (secondary N) is 2. The number of hydrogen-bond acceptors (Lipinski definition) is 4. The Balaban J connectivity index is 1.40. The number of fused-ring (bicyclic) bond motifs is 1. The van der Waals surface area contributed by atoms with Crippen molar-refractivity contribution in [1.29, 1.82) is 0 Å². The van der Waals surface area contributed by atoms with Gasteiger partial charge in [-0.1, -0.05) is 18.2 Å². The van der Waals surface area contributed by atoms with Crippen molar-refractivity contribution in [3.8, 4) is 0 Å². The van der Waals surface area contributed by atoms with Crippen LogP contribution in [0.5, 0.6) is 0 Å². The van der Waals surface area contributed by atoms with Crippen LogP contribution in [0.3, 0.4) is 0 Å². The molecular formula is C17H22N4O3. The van der Waals surface area contributed by atoms with Crippen LogP contribution in [0.4, 0.5) is 4.79 Å². The van der Waals surface area contributed by atoms with Gasteiger partial charge in [0.1, 0.15) is 6.54 Å². The molecule has 128 valence electrons. The predicted molar refractivity (Wildman–Crippen MR) is 87.8 cm³/mol. The van der Waals surface area contributed by atoms with E-state index in [0.29, 0.717) is 25.9 Å². The van der Waals surface area contributed by atoms with E-state index in [4.69, 9.17) is 0 Å². The molecule has 2 aliphatic heterocycles. The lowest BCUT2D eigenvalue weighted by Gasteiger charge is -2.13. The number of amides is 4. The van der Waals surface area contributed by atoms with E-state index in [1.54, 1.807) is 7.05 Å². The minimum Gasteiger partial charge on any atom is -0.352 e. The van der Waals surface area contributed by atoms with Gasteiger partial charge in [-0.05, 0) is 23.1 Å². The summed E-state index contributed by atoms with van der Waals surface area (Å²) in [5.74, 6) is -0.268. The zero-order valence-corrected chi connectivity index (χ0v) is 13.8. The van der Waals surface area contributed by atoms with Crippen LogP contribution in [0, 0.1) is 0 Å². The van der Waals surface area contributed by atoms with Crippen molar-refractivity contribution in [2.75, 3.05) is 20.1 Å². The minimum atomic E-state index is -0.285. The van der Waals surface area contributed by atoms with Crippen LogP contribution < -0.4 is 10.6 Å². The molecule has 4 amide bonds. The summed E-state index contributed by atoms with van der Waals surface area (Å²) in [5, 5.41) is 6.18. The number of urea groups is 1. The van der Waals surface area contributed by atoms with E-state index >= 15 is 0 Å². The van der Waals surface area contributed by atoms with Crippen molar-refractivity contribution in [3.63, 3.8) is 0 Å². The van der Waals surface area contributed by atoms with Gasteiger partial charge in [-0.25, -0.2) is 4.79 Å². The first-order valence-corrected chi connectivity index (χ1v) is 8.18. The number of likely N-dealkylation sites (N-methyl/N-ethyl adjacent to an activating group) is 1. The van der Waals surface area contributed by atoms with Gasteiger partial charge in [0, 0.05) is 39.6 Å². The first-order chi connectivity index (χ1) is 11.5. The van der Waals surface area contributed by atoms with Crippen molar-refractivity contribution in [2.45, 2.75) is 32.5 Å². The average Bonchev–Trinajstić information content (AvgIpc) is 3.12. The normalized spacial score (nSPS) is 16.7. The van der Waals surface area contributed by atoms with Crippen molar-refractivity contribution < 1.29 is 14.4 Å². The van der Waals surface area contributed by atoms with E-state index in [0.717, 1.165) is 18.7 Å². The summed E-state index contributed by atoms with van der Waals surface area (Å²) >= 11 is 0. The van der Waals surface area contributed by atoms with Gasteiger partial charge in [-0.2, -0.15) is 0 Å². The lowest BCUT2D eigenvalue weighted by molar-refractivity contribution is -0.126. The number of benzene rings is 1. The summed E-state index contributed by atoms with van der Waals surface area (Å²) in [5.41, 5.74) is 3.68. The Morgan fingerprint density at radius 1 is 1.25 bits per heavy atom. The second-order valence-corrected chi connectivity index (χ2v) is 6.27. The molecule has 0 spiro atoms. The van der Waals surface area contributed by atoms with Gasteiger partial charge in [0.2, 0.25) is 11.8 Å². The first kappa shape index (κ1) is 16.4. The third kappa shape index (κ3) is 3.56. The van der Waals surface area contributed by atoms with E-state index in [1.807, 2.05) is 6.07 Å². The first-order valence-electron chi connectivity index (χ1n) is 8.18. The van der Waals surface area contributed by atoms with Crippen molar-refractivity contribution in [2.24, 2.45) is 0 Å².